The molecule has 0 bridgehead atoms. The summed E-state index contributed by atoms with van der Waals surface area (Å²) in [7, 11) is 0. The minimum absolute atomic E-state index is 0.00150. The number of benzene rings is 3. The average molecular weight is 475 g/mol. The molecule has 0 radical (unpaired) electrons. The first kappa shape index (κ1) is 24.9. The Balaban J connectivity index is 1.68. The number of ketones is 2. The third kappa shape index (κ3) is 6.90. The molecular weight excluding hydrogens is 448 g/mol. The Morgan fingerprint density at radius 2 is 1.65 bits per heavy atom. The predicted octanol–water partition coefficient (Wildman–Crippen LogP) is 6.12. The summed E-state index contributed by atoms with van der Waals surface area (Å²) in [5.74, 6) is -0.261. The number of carbonyl (C=O) groups excluding carboxylic acids is 3. The molecular formula is C28H27ClN2O3. The van der Waals surface area contributed by atoms with Crippen LogP contribution in [0.2, 0.25) is 5.02 Å². The molecule has 2 N–H and O–H groups in total. The highest BCUT2D eigenvalue weighted by atomic mass is 35.5. The van der Waals surface area contributed by atoms with E-state index in [9.17, 15) is 14.4 Å². The van der Waals surface area contributed by atoms with E-state index in [0.29, 0.717) is 22.7 Å². The van der Waals surface area contributed by atoms with Gasteiger partial charge in [-0.05, 0) is 49.2 Å². The van der Waals surface area contributed by atoms with Crippen LogP contribution >= 0.6 is 11.6 Å². The second-order valence-electron chi connectivity index (χ2n) is 7.96. The molecule has 0 spiro atoms. The van der Waals surface area contributed by atoms with Gasteiger partial charge in [0.25, 0.3) is 0 Å². The molecule has 5 nitrogen and oxygen atoms in total. The Morgan fingerprint density at radius 1 is 0.912 bits per heavy atom. The molecule has 0 saturated carbocycles. The van der Waals surface area contributed by atoms with Crippen molar-refractivity contribution in [2.45, 2.75) is 26.7 Å². The smallest absolute Gasteiger partial charge is 0.220 e. The highest BCUT2D eigenvalue weighted by Crippen LogP contribution is 2.28. The van der Waals surface area contributed by atoms with Crippen molar-refractivity contribution in [1.29, 1.82) is 0 Å². The van der Waals surface area contributed by atoms with Crippen molar-refractivity contribution in [2.24, 2.45) is 0 Å². The number of aryl methyl sites for hydroxylation is 1. The lowest BCUT2D eigenvalue weighted by atomic mass is 9.99. The first-order valence-corrected chi connectivity index (χ1v) is 11.4. The minimum atomic E-state index is -0.152. The number of amides is 1. The van der Waals surface area contributed by atoms with Gasteiger partial charge in [0, 0.05) is 41.9 Å². The standard InChI is InChI=1S/C28H27ClN2O3/c1-19-8-3-5-11-23(19)28(34)24-15-14-22(18-25(24)29)31-26-12-6-4-9-21(26)10-7-17-30-27(33)16-13-20(2)32/h3-12,14-15,18,31H,13,16-17H2,1-2H3,(H,30,33)/b10-7+. The molecule has 0 heterocycles. The molecule has 0 aliphatic rings. The number of hydrogen-bond acceptors (Lipinski definition) is 4. The Bertz CT molecular complexity index is 1230. The van der Waals surface area contributed by atoms with Crippen molar-refractivity contribution >= 4 is 46.5 Å². The van der Waals surface area contributed by atoms with Gasteiger partial charge in [-0.15, -0.1) is 0 Å². The fourth-order valence-corrected chi connectivity index (χ4v) is 3.66. The second-order valence-corrected chi connectivity index (χ2v) is 8.37. The molecule has 0 aliphatic carbocycles. The molecule has 0 atom stereocenters. The SMILES string of the molecule is CC(=O)CCC(=O)NC/C=C/c1ccccc1Nc1ccc(C(=O)c2ccccc2C)c(Cl)c1. The first-order chi connectivity index (χ1) is 16.3. The zero-order valence-electron chi connectivity index (χ0n) is 19.2. The number of hydrogen-bond donors (Lipinski definition) is 2. The third-order valence-electron chi connectivity index (χ3n) is 5.26. The van der Waals surface area contributed by atoms with Crippen LogP contribution in [0.25, 0.3) is 6.08 Å². The fourth-order valence-electron chi connectivity index (χ4n) is 3.40. The molecule has 3 rings (SSSR count). The van der Waals surface area contributed by atoms with Crippen molar-refractivity contribution in [3.63, 3.8) is 0 Å². The summed E-state index contributed by atoms with van der Waals surface area (Å²) < 4.78 is 0. The van der Waals surface area contributed by atoms with Crippen molar-refractivity contribution in [1.82, 2.24) is 5.32 Å². The fraction of sp³-hybridized carbons (Fsp3) is 0.179. The average Bonchev–Trinajstić information content (AvgIpc) is 2.81. The Labute approximate surface area is 204 Å². The number of halogens is 1. The summed E-state index contributed by atoms with van der Waals surface area (Å²) in [4.78, 5) is 35.6. The van der Waals surface area contributed by atoms with Crippen molar-refractivity contribution in [3.05, 3.63) is 100 Å². The van der Waals surface area contributed by atoms with Gasteiger partial charge in [-0.25, -0.2) is 0 Å². The van der Waals surface area contributed by atoms with Crippen LogP contribution in [0.1, 0.15) is 46.8 Å². The summed E-state index contributed by atoms with van der Waals surface area (Å²) in [6.07, 6.45) is 4.21. The predicted molar refractivity (Wildman–Crippen MR) is 138 cm³/mol. The first-order valence-electron chi connectivity index (χ1n) is 11.0. The van der Waals surface area contributed by atoms with E-state index in [0.717, 1.165) is 22.5 Å². The van der Waals surface area contributed by atoms with E-state index in [2.05, 4.69) is 10.6 Å². The van der Waals surface area contributed by atoms with Crippen LogP contribution < -0.4 is 10.6 Å². The molecule has 0 saturated heterocycles. The normalized spacial score (nSPS) is 10.8. The van der Waals surface area contributed by atoms with Crippen LogP contribution in [-0.2, 0) is 9.59 Å². The van der Waals surface area contributed by atoms with Gasteiger partial charge in [-0.2, -0.15) is 0 Å². The van der Waals surface area contributed by atoms with E-state index in [1.165, 1.54) is 6.92 Å². The van der Waals surface area contributed by atoms with Crippen LogP contribution in [-0.4, -0.2) is 24.0 Å². The molecule has 0 fully saturated rings. The highest BCUT2D eigenvalue weighted by Gasteiger charge is 2.15. The maximum atomic E-state index is 12.9. The number of anilines is 2. The zero-order chi connectivity index (χ0) is 24.5. The maximum absolute atomic E-state index is 12.9. The maximum Gasteiger partial charge on any atom is 0.220 e. The molecule has 0 aliphatic heterocycles. The lowest BCUT2D eigenvalue weighted by Crippen LogP contribution is -2.23. The van der Waals surface area contributed by atoms with E-state index in [-0.39, 0.29) is 30.3 Å². The summed E-state index contributed by atoms with van der Waals surface area (Å²) in [5, 5.41) is 6.49. The molecule has 0 aromatic heterocycles. The van der Waals surface area contributed by atoms with Gasteiger partial charge in [0.1, 0.15) is 5.78 Å². The minimum Gasteiger partial charge on any atom is -0.355 e. The van der Waals surface area contributed by atoms with Crippen LogP contribution in [0.4, 0.5) is 11.4 Å². The molecule has 174 valence electrons. The lowest BCUT2D eigenvalue weighted by Gasteiger charge is -2.12. The van der Waals surface area contributed by atoms with Crippen LogP contribution in [0.5, 0.6) is 0 Å². The number of rotatable bonds is 10. The molecule has 1 amide bonds. The summed E-state index contributed by atoms with van der Waals surface area (Å²) in [6.45, 7) is 3.74. The molecule has 3 aromatic rings. The molecule has 34 heavy (non-hydrogen) atoms. The van der Waals surface area contributed by atoms with E-state index >= 15 is 0 Å². The topological polar surface area (TPSA) is 75.3 Å². The Hall–Kier alpha value is -3.70. The summed E-state index contributed by atoms with van der Waals surface area (Å²) in [5.41, 5.74) is 4.53. The molecule has 0 unspecified atom stereocenters. The van der Waals surface area contributed by atoms with Crippen molar-refractivity contribution in [2.75, 3.05) is 11.9 Å². The van der Waals surface area contributed by atoms with Crippen molar-refractivity contribution < 1.29 is 14.4 Å². The van der Waals surface area contributed by atoms with Gasteiger partial charge in [-0.3, -0.25) is 9.59 Å². The third-order valence-corrected chi connectivity index (χ3v) is 5.57. The second kappa shape index (κ2) is 12.0. The van der Waals surface area contributed by atoms with Gasteiger partial charge in [0.15, 0.2) is 5.78 Å². The van der Waals surface area contributed by atoms with E-state index in [1.807, 2.05) is 67.6 Å². The van der Waals surface area contributed by atoms with E-state index in [1.54, 1.807) is 18.2 Å². The van der Waals surface area contributed by atoms with Gasteiger partial charge in [0.2, 0.25) is 5.91 Å². The Morgan fingerprint density at radius 3 is 2.38 bits per heavy atom. The summed E-state index contributed by atoms with van der Waals surface area (Å²) >= 11 is 6.47. The number of para-hydroxylation sites is 1. The van der Waals surface area contributed by atoms with Gasteiger partial charge in [-0.1, -0.05) is 66.2 Å². The van der Waals surface area contributed by atoms with E-state index in [4.69, 9.17) is 11.6 Å². The number of carbonyl (C=O) groups is 3. The van der Waals surface area contributed by atoms with Gasteiger partial charge in [0.05, 0.1) is 5.02 Å². The monoisotopic (exact) mass is 474 g/mol. The largest absolute Gasteiger partial charge is 0.355 e. The lowest BCUT2D eigenvalue weighted by molar-refractivity contribution is -0.124. The zero-order valence-corrected chi connectivity index (χ0v) is 20.0. The van der Waals surface area contributed by atoms with Crippen LogP contribution in [0.15, 0.2) is 72.8 Å². The van der Waals surface area contributed by atoms with Crippen LogP contribution in [0, 0.1) is 6.92 Å². The van der Waals surface area contributed by atoms with Crippen LogP contribution in [0.3, 0.4) is 0 Å². The molecule has 6 heteroatoms. The van der Waals surface area contributed by atoms with Crippen molar-refractivity contribution in [3.8, 4) is 0 Å². The van der Waals surface area contributed by atoms with E-state index < -0.39 is 0 Å². The Kier molecular flexibility index (Phi) is 8.77. The molecule has 3 aromatic carbocycles. The number of Topliss-reactive ketones (excluding diaryl/α,β-unsaturated/α-hetero) is 1. The highest BCUT2D eigenvalue weighted by molar-refractivity contribution is 6.35. The number of nitrogens with one attached hydrogen (secondary N) is 2. The van der Waals surface area contributed by atoms with Gasteiger partial charge >= 0.3 is 0 Å². The van der Waals surface area contributed by atoms with Gasteiger partial charge < -0.3 is 15.4 Å². The quantitative estimate of drug-likeness (QED) is 0.347. The summed E-state index contributed by atoms with van der Waals surface area (Å²) in [6, 6.07) is 20.5.